The molecule has 0 saturated heterocycles. The summed E-state index contributed by atoms with van der Waals surface area (Å²) in [7, 11) is 0. The smallest absolute Gasteiger partial charge is 0.234 e. The van der Waals surface area contributed by atoms with E-state index in [4.69, 9.17) is 4.74 Å². The summed E-state index contributed by atoms with van der Waals surface area (Å²) in [5.41, 5.74) is 0. The molecule has 1 rings (SSSR count). The molecule has 18 heavy (non-hydrogen) atoms. The second kappa shape index (κ2) is 9.34. The van der Waals surface area contributed by atoms with Gasteiger partial charge in [-0.3, -0.25) is 4.79 Å². The van der Waals surface area contributed by atoms with Crippen molar-refractivity contribution < 1.29 is 9.53 Å². The van der Waals surface area contributed by atoms with Crippen LogP contribution >= 0.6 is 0 Å². The monoisotopic (exact) mass is 256 g/mol. The van der Waals surface area contributed by atoms with Crippen molar-refractivity contribution in [2.24, 2.45) is 0 Å². The molecule has 0 aliphatic heterocycles. The highest BCUT2D eigenvalue weighted by Gasteiger charge is 2.13. The highest BCUT2D eigenvalue weighted by molar-refractivity contribution is 5.77. The van der Waals surface area contributed by atoms with E-state index < -0.39 is 0 Å². The molecule has 0 aromatic heterocycles. The lowest BCUT2D eigenvalue weighted by Gasteiger charge is -2.22. The zero-order valence-corrected chi connectivity index (χ0v) is 11.8. The van der Waals surface area contributed by atoms with Gasteiger partial charge in [-0.2, -0.15) is 0 Å². The minimum atomic E-state index is 0.0579. The van der Waals surface area contributed by atoms with Gasteiger partial charge in [0.15, 0.2) is 0 Å². The van der Waals surface area contributed by atoms with E-state index >= 15 is 0 Å². The Bertz CT molecular complexity index is 228. The SMILES string of the molecule is CCC(C)NCC(=O)NCCOC1CCCCC1. The number of rotatable bonds is 8. The lowest BCUT2D eigenvalue weighted by molar-refractivity contribution is -0.120. The molecule has 1 amide bonds. The summed E-state index contributed by atoms with van der Waals surface area (Å²) in [5, 5.41) is 6.04. The van der Waals surface area contributed by atoms with Crippen LogP contribution in [0.5, 0.6) is 0 Å². The summed E-state index contributed by atoms with van der Waals surface area (Å²) in [6, 6.07) is 0.397. The van der Waals surface area contributed by atoms with Crippen LogP contribution in [0.3, 0.4) is 0 Å². The van der Waals surface area contributed by atoms with Crippen molar-refractivity contribution in [3.05, 3.63) is 0 Å². The number of carbonyl (C=O) groups is 1. The average Bonchev–Trinajstić information content (AvgIpc) is 2.42. The maximum atomic E-state index is 11.5. The lowest BCUT2D eigenvalue weighted by Crippen LogP contribution is -2.39. The fourth-order valence-electron chi connectivity index (χ4n) is 2.12. The van der Waals surface area contributed by atoms with Crippen molar-refractivity contribution in [2.45, 2.75) is 64.5 Å². The zero-order valence-electron chi connectivity index (χ0n) is 11.8. The molecule has 106 valence electrons. The van der Waals surface area contributed by atoms with Gasteiger partial charge in [-0.05, 0) is 26.2 Å². The quantitative estimate of drug-likeness (QED) is 0.652. The Hall–Kier alpha value is -0.610. The molecule has 1 aliphatic carbocycles. The fourth-order valence-corrected chi connectivity index (χ4v) is 2.12. The first-order valence-corrected chi connectivity index (χ1v) is 7.34. The van der Waals surface area contributed by atoms with Crippen LogP contribution in [0, 0.1) is 0 Å². The van der Waals surface area contributed by atoms with Crippen molar-refractivity contribution in [3.63, 3.8) is 0 Å². The van der Waals surface area contributed by atoms with E-state index in [2.05, 4.69) is 24.5 Å². The van der Waals surface area contributed by atoms with Crippen LogP contribution in [0.4, 0.5) is 0 Å². The van der Waals surface area contributed by atoms with E-state index in [9.17, 15) is 4.79 Å². The van der Waals surface area contributed by atoms with Crippen LogP contribution in [-0.2, 0) is 9.53 Å². The highest BCUT2D eigenvalue weighted by Crippen LogP contribution is 2.19. The van der Waals surface area contributed by atoms with Gasteiger partial charge in [-0.15, -0.1) is 0 Å². The van der Waals surface area contributed by atoms with Gasteiger partial charge >= 0.3 is 0 Å². The standard InChI is InChI=1S/C14H28N2O2/c1-3-12(2)16-11-14(17)15-9-10-18-13-7-5-4-6-8-13/h12-13,16H,3-11H2,1-2H3,(H,15,17). The molecular weight excluding hydrogens is 228 g/mol. The van der Waals surface area contributed by atoms with Crippen LogP contribution in [0.1, 0.15) is 52.4 Å². The molecule has 0 aromatic rings. The molecular formula is C14H28N2O2. The number of hydrogen-bond acceptors (Lipinski definition) is 3. The Kier molecular flexibility index (Phi) is 8.01. The lowest BCUT2D eigenvalue weighted by atomic mass is 9.98. The van der Waals surface area contributed by atoms with Gasteiger partial charge in [0.1, 0.15) is 0 Å². The van der Waals surface area contributed by atoms with Gasteiger partial charge in [-0.1, -0.05) is 26.2 Å². The Balaban J connectivity index is 1.94. The summed E-state index contributed by atoms with van der Waals surface area (Å²) < 4.78 is 5.74. The largest absolute Gasteiger partial charge is 0.376 e. The molecule has 0 spiro atoms. The van der Waals surface area contributed by atoms with Crippen molar-refractivity contribution in [2.75, 3.05) is 19.7 Å². The predicted octanol–water partition coefficient (Wildman–Crippen LogP) is 1.84. The third-order valence-electron chi connectivity index (χ3n) is 3.55. The Labute approximate surface area is 111 Å². The first-order valence-electron chi connectivity index (χ1n) is 7.34. The molecule has 2 N–H and O–H groups in total. The molecule has 1 saturated carbocycles. The summed E-state index contributed by atoms with van der Waals surface area (Å²) in [4.78, 5) is 11.5. The maximum Gasteiger partial charge on any atom is 0.234 e. The molecule has 1 atom stereocenters. The molecule has 0 heterocycles. The summed E-state index contributed by atoms with van der Waals surface area (Å²) in [6.45, 7) is 5.85. The van der Waals surface area contributed by atoms with Crippen molar-refractivity contribution >= 4 is 5.91 Å². The van der Waals surface area contributed by atoms with E-state index in [0.717, 1.165) is 6.42 Å². The molecule has 0 radical (unpaired) electrons. The summed E-state index contributed by atoms with van der Waals surface area (Å²) in [6.07, 6.45) is 7.75. The van der Waals surface area contributed by atoms with Gasteiger partial charge in [0.2, 0.25) is 5.91 Å². The fraction of sp³-hybridized carbons (Fsp3) is 0.929. The number of carbonyl (C=O) groups excluding carboxylic acids is 1. The number of nitrogens with one attached hydrogen (secondary N) is 2. The Morgan fingerprint density at radius 3 is 2.72 bits per heavy atom. The Morgan fingerprint density at radius 1 is 1.33 bits per heavy atom. The second-order valence-corrected chi connectivity index (χ2v) is 5.17. The molecule has 4 heteroatoms. The molecule has 0 bridgehead atoms. The normalized spacial score (nSPS) is 18.6. The van der Waals surface area contributed by atoms with E-state index in [1.54, 1.807) is 0 Å². The van der Waals surface area contributed by atoms with Gasteiger partial charge in [0.05, 0.1) is 19.3 Å². The van der Waals surface area contributed by atoms with Crippen molar-refractivity contribution in [1.82, 2.24) is 10.6 Å². The molecule has 0 aromatic carbocycles. The van der Waals surface area contributed by atoms with Crippen LogP contribution in [-0.4, -0.2) is 37.7 Å². The molecule has 1 fully saturated rings. The van der Waals surface area contributed by atoms with E-state index in [-0.39, 0.29) is 5.91 Å². The van der Waals surface area contributed by atoms with Crippen molar-refractivity contribution in [3.8, 4) is 0 Å². The van der Waals surface area contributed by atoms with E-state index in [0.29, 0.717) is 31.8 Å². The second-order valence-electron chi connectivity index (χ2n) is 5.17. The topological polar surface area (TPSA) is 50.4 Å². The van der Waals surface area contributed by atoms with E-state index in [1.807, 2.05) is 0 Å². The minimum Gasteiger partial charge on any atom is -0.376 e. The first-order chi connectivity index (χ1) is 8.72. The molecule has 1 aliphatic rings. The zero-order chi connectivity index (χ0) is 13.2. The van der Waals surface area contributed by atoms with Crippen molar-refractivity contribution in [1.29, 1.82) is 0 Å². The summed E-state index contributed by atoms with van der Waals surface area (Å²) >= 11 is 0. The third kappa shape index (κ3) is 6.97. The predicted molar refractivity (Wildman–Crippen MR) is 73.6 cm³/mol. The minimum absolute atomic E-state index is 0.0579. The molecule has 1 unspecified atom stereocenters. The van der Waals surface area contributed by atoms with Gasteiger partial charge in [-0.25, -0.2) is 0 Å². The van der Waals surface area contributed by atoms with E-state index in [1.165, 1.54) is 32.1 Å². The van der Waals surface area contributed by atoms with Gasteiger partial charge in [0, 0.05) is 12.6 Å². The Morgan fingerprint density at radius 2 is 2.06 bits per heavy atom. The van der Waals surface area contributed by atoms with Gasteiger partial charge < -0.3 is 15.4 Å². The number of amides is 1. The highest BCUT2D eigenvalue weighted by atomic mass is 16.5. The van der Waals surface area contributed by atoms with Crippen LogP contribution in [0.2, 0.25) is 0 Å². The molecule has 4 nitrogen and oxygen atoms in total. The van der Waals surface area contributed by atoms with Gasteiger partial charge in [0.25, 0.3) is 0 Å². The number of ether oxygens (including phenoxy) is 1. The number of hydrogen-bond donors (Lipinski definition) is 2. The maximum absolute atomic E-state index is 11.5. The van der Waals surface area contributed by atoms with Crippen LogP contribution < -0.4 is 10.6 Å². The average molecular weight is 256 g/mol. The first kappa shape index (κ1) is 15.4. The third-order valence-corrected chi connectivity index (χ3v) is 3.55. The van der Waals surface area contributed by atoms with Crippen LogP contribution in [0.25, 0.3) is 0 Å². The summed E-state index contributed by atoms with van der Waals surface area (Å²) in [5.74, 6) is 0.0579. The van der Waals surface area contributed by atoms with Crippen LogP contribution in [0.15, 0.2) is 0 Å².